The molecule has 1 fully saturated rings. The fourth-order valence-corrected chi connectivity index (χ4v) is 3.28. The van der Waals surface area contributed by atoms with Crippen LogP contribution in [-0.2, 0) is 10.2 Å². The zero-order valence-corrected chi connectivity index (χ0v) is 12.2. The Morgan fingerprint density at radius 3 is 2.50 bits per heavy atom. The van der Waals surface area contributed by atoms with E-state index in [0.717, 1.165) is 12.8 Å². The second-order valence-electron chi connectivity index (χ2n) is 5.77. The largest absolute Gasteiger partial charge is 0.508 e. The highest BCUT2D eigenvalue weighted by Crippen LogP contribution is 2.43. The Morgan fingerprint density at radius 1 is 1.09 bits per heavy atom. The molecule has 0 aromatic heterocycles. The third-order valence-electron chi connectivity index (χ3n) is 4.39. The second kappa shape index (κ2) is 5.79. The van der Waals surface area contributed by atoms with E-state index in [1.807, 2.05) is 0 Å². The summed E-state index contributed by atoms with van der Waals surface area (Å²) in [5, 5.41) is 12.3. The zero-order chi connectivity index (χ0) is 15.6. The van der Waals surface area contributed by atoms with Gasteiger partial charge >= 0.3 is 0 Å². The summed E-state index contributed by atoms with van der Waals surface area (Å²) in [6.07, 6.45) is 3.08. The lowest BCUT2D eigenvalue weighted by atomic mass is 9.77. The quantitative estimate of drug-likeness (QED) is 0.900. The van der Waals surface area contributed by atoms with Crippen LogP contribution >= 0.6 is 0 Å². The van der Waals surface area contributed by atoms with Crippen LogP contribution in [-0.4, -0.2) is 11.0 Å². The average Bonchev–Trinajstić information content (AvgIpc) is 2.98. The molecule has 3 rings (SSSR count). The highest BCUT2D eigenvalue weighted by molar-refractivity contribution is 5.99. The molecule has 2 aromatic carbocycles. The molecule has 1 aliphatic carbocycles. The predicted molar refractivity (Wildman–Crippen MR) is 83.3 cm³/mol. The van der Waals surface area contributed by atoms with E-state index in [1.165, 1.54) is 18.2 Å². The number of halogens is 1. The molecule has 1 aliphatic rings. The van der Waals surface area contributed by atoms with Crippen LogP contribution < -0.4 is 5.32 Å². The van der Waals surface area contributed by atoms with Gasteiger partial charge in [-0.25, -0.2) is 4.39 Å². The van der Waals surface area contributed by atoms with Crippen molar-refractivity contribution in [2.45, 2.75) is 31.1 Å². The van der Waals surface area contributed by atoms with Gasteiger partial charge in [0.1, 0.15) is 11.6 Å². The molecule has 114 valence electrons. The topological polar surface area (TPSA) is 49.3 Å². The van der Waals surface area contributed by atoms with Gasteiger partial charge in [-0.05, 0) is 31.0 Å². The molecule has 0 spiro atoms. The van der Waals surface area contributed by atoms with Crippen LogP contribution in [0.1, 0.15) is 31.2 Å². The molecule has 4 heteroatoms. The number of amides is 1. The highest BCUT2D eigenvalue weighted by Gasteiger charge is 2.44. The normalized spacial score (nSPS) is 16.4. The third-order valence-corrected chi connectivity index (χ3v) is 4.39. The molecule has 1 amide bonds. The van der Waals surface area contributed by atoms with Gasteiger partial charge in [-0.15, -0.1) is 0 Å². The predicted octanol–water partition coefficient (Wildman–Crippen LogP) is 3.98. The Labute approximate surface area is 128 Å². The van der Waals surface area contributed by atoms with E-state index in [4.69, 9.17) is 0 Å². The number of rotatable bonds is 3. The smallest absolute Gasteiger partial charge is 0.235 e. The van der Waals surface area contributed by atoms with Crippen molar-refractivity contribution in [3.8, 4) is 5.75 Å². The maximum Gasteiger partial charge on any atom is 0.235 e. The van der Waals surface area contributed by atoms with Crippen LogP contribution in [0.2, 0.25) is 0 Å². The van der Waals surface area contributed by atoms with Gasteiger partial charge in [-0.1, -0.05) is 37.1 Å². The van der Waals surface area contributed by atoms with E-state index in [-0.39, 0.29) is 17.5 Å². The minimum absolute atomic E-state index is 0.0872. The Morgan fingerprint density at radius 2 is 1.82 bits per heavy atom. The summed E-state index contributed by atoms with van der Waals surface area (Å²) < 4.78 is 14.2. The number of nitrogens with one attached hydrogen (secondary N) is 1. The third kappa shape index (κ3) is 2.56. The molecule has 0 aliphatic heterocycles. The molecular formula is C18H18FNO2. The van der Waals surface area contributed by atoms with Crippen LogP contribution in [0.15, 0.2) is 48.5 Å². The zero-order valence-electron chi connectivity index (χ0n) is 12.2. The van der Waals surface area contributed by atoms with E-state index in [1.54, 1.807) is 30.3 Å². The number of carbonyl (C=O) groups is 1. The Bertz CT molecular complexity index is 693. The lowest BCUT2D eigenvalue weighted by Crippen LogP contribution is -2.38. The average molecular weight is 299 g/mol. The standard InChI is InChI=1S/C18H18FNO2/c19-16-9-2-1-8-15(16)18(10-3-4-11-18)17(22)20-13-6-5-7-14(21)12-13/h1-2,5-9,12,21H,3-4,10-11H2,(H,20,22). The molecule has 0 heterocycles. The summed E-state index contributed by atoms with van der Waals surface area (Å²) in [5.41, 5.74) is 0.161. The molecule has 2 N–H and O–H groups in total. The number of phenols is 1. The number of hydrogen-bond acceptors (Lipinski definition) is 2. The van der Waals surface area contributed by atoms with Gasteiger partial charge in [-0.2, -0.15) is 0 Å². The molecule has 0 atom stereocenters. The van der Waals surface area contributed by atoms with Crippen molar-refractivity contribution in [3.05, 3.63) is 59.9 Å². The van der Waals surface area contributed by atoms with E-state index in [9.17, 15) is 14.3 Å². The minimum atomic E-state index is -0.823. The first kappa shape index (κ1) is 14.6. The Balaban J connectivity index is 1.94. The van der Waals surface area contributed by atoms with Crippen molar-refractivity contribution < 1.29 is 14.3 Å². The molecule has 1 saturated carbocycles. The summed E-state index contributed by atoms with van der Waals surface area (Å²) in [6, 6.07) is 12.9. The number of carbonyl (C=O) groups excluding carboxylic acids is 1. The SMILES string of the molecule is O=C(Nc1cccc(O)c1)C1(c2ccccc2F)CCCC1. The maximum atomic E-state index is 14.2. The fraction of sp³-hybridized carbons (Fsp3) is 0.278. The van der Waals surface area contributed by atoms with Crippen LogP contribution in [0.25, 0.3) is 0 Å². The summed E-state index contributed by atoms with van der Waals surface area (Å²) >= 11 is 0. The first-order valence-electron chi connectivity index (χ1n) is 7.47. The number of hydrogen-bond donors (Lipinski definition) is 2. The fourth-order valence-electron chi connectivity index (χ4n) is 3.28. The summed E-state index contributed by atoms with van der Waals surface area (Å²) in [4.78, 5) is 12.8. The molecular weight excluding hydrogens is 281 g/mol. The molecule has 22 heavy (non-hydrogen) atoms. The van der Waals surface area contributed by atoms with Gasteiger partial charge in [-0.3, -0.25) is 4.79 Å². The second-order valence-corrected chi connectivity index (χ2v) is 5.77. The maximum absolute atomic E-state index is 14.2. The van der Waals surface area contributed by atoms with Crippen molar-refractivity contribution in [2.75, 3.05) is 5.32 Å². The summed E-state index contributed by atoms with van der Waals surface area (Å²) in [5.74, 6) is -0.458. The monoisotopic (exact) mass is 299 g/mol. The minimum Gasteiger partial charge on any atom is -0.508 e. The van der Waals surface area contributed by atoms with Gasteiger partial charge in [0.25, 0.3) is 0 Å². The van der Waals surface area contributed by atoms with Crippen LogP contribution in [0, 0.1) is 5.82 Å². The Kier molecular flexibility index (Phi) is 3.84. The molecule has 3 nitrogen and oxygen atoms in total. The first-order valence-corrected chi connectivity index (χ1v) is 7.47. The molecule has 0 radical (unpaired) electrons. The van der Waals surface area contributed by atoms with Gasteiger partial charge in [0, 0.05) is 17.3 Å². The number of aromatic hydroxyl groups is 1. The number of phenolic OH excluding ortho intramolecular Hbond substituents is 1. The van der Waals surface area contributed by atoms with Crippen molar-refractivity contribution in [3.63, 3.8) is 0 Å². The molecule has 0 saturated heterocycles. The van der Waals surface area contributed by atoms with Crippen LogP contribution in [0.3, 0.4) is 0 Å². The van der Waals surface area contributed by atoms with Gasteiger partial charge in [0.05, 0.1) is 5.41 Å². The lowest BCUT2D eigenvalue weighted by Gasteiger charge is -2.28. The van der Waals surface area contributed by atoms with Gasteiger partial charge < -0.3 is 10.4 Å². The summed E-state index contributed by atoms with van der Waals surface area (Å²) in [7, 11) is 0. The molecule has 0 bridgehead atoms. The lowest BCUT2D eigenvalue weighted by molar-refractivity contribution is -0.121. The molecule has 0 unspecified atom stereocenters. The number of anilines is 1. The van der Waals surface area contributed by atoms with Gasteiger partial charge in [0.2, 0.25) is 5.91 Å². The van der Waals surface area contributed by atoms with E-state index >= 15 is 0 Å². The van der Waals surface area contributed by atoms with Crippen molar-refractivity contribution in [1.82, 2.24) is 0 Å². The van der Waals surface area contributed by atoms with Crippen molar-refractivity contribution in [2.24, 2.45) is 0 Å². The highest BCUT2D eigenvalue weighted by atomic mass is 19.1. The number of benzene rings is 2. The van der Waals surface area contributed by atoms with Crippen molar-refractivity contribution >= 4 is 11.6 Å². The van der Waals surface area contributed by atoms with E-state index in [0.29, 0.717) is 24.1 Å². The van der Waals surface area contributed by atoms with Crippen molar-refractivity contribution in [1.29, 1.82) is 0 Å². The van der Waals surface area contributed by atoms with Crippen LogP contribution in [0.5, 0.6) is 5.75 Å². The Hall–Kier alpha value is -2.36. The summed E-state index contributed by atoms with van der Waals surface area (Å²) in [6.45, 7) is 0. The van der Waals surface area contributed by atoms with Crippen LogP contribution in [0.4, 0.5) is 10.1 Å². The van der Waals surface area contributed by atoms with E-state index < -0.39 is 5.41 Å². The van der Waals surface area contributed by atoms with Gasteiger partial charge in [0.15, 0.2) is 0 Å². The first-order chi connectivity index (χ1) is 10.6. The van der Waals surface area contributed by atoms with E-state index in [2.05, 4.69) is 5.32 Å². The molecule has 2 aromatic rings.